The molecule has 0 unspecified atom stereocenters. The molecule has 0 N–H and O–H groups in total. The summed E-state index contributed by atoms with van der Waals surface area (Å²) in [6, 6.07) is 5.38. The Hall–Kier alpha value is -2.04. The second-order valence-corrected chi connectivity index (χ2v) is 6.08. The normalized spacial score (nSPS) is 14.4. The molecule has 0 aliphatic carbocycles. The number of carbonyl (C=O) groups excluding carboxylic acids is 2. The van der Waals surface area contributed by atoms with E-state index in [2.05, 4.69) is 0 Å². The number of esters is 1. The molecule has 114 valence electrons. The minimum absolute atomic E-state index is 0.363. The van der Waals surface area contributed by atoms with Crippen LogP contribution >= 0.6 is 0 Å². The monoisotopic (exact) mass is 291 g/mol. The van der Waals surface area contributed by atoms with Gasteiger partial charge in [-0.1, -0.05) is 6.07 Å². The SMILES string of the molecule is CC(=O)Oc1cccc2c1CCCN2C(=O)OC(C)(C)C. The third-order valence-corrected chi connectivity index (χ3v) is 3.08. The van der Waals surface area contributed by atoms with Crippen LogP contribution in [0.15, 0.2) is 18.2 Å². The van der Waals surface area contributed by atoms with Crippen molar-refractivity contribution in [2.75, 3.05) is 11.4 Å². The molecule has 1 aliphatic heterocycles. The van der Waals surface area contributed by atoms with Gasteiger partial charge in [-0.05, 0) is 45.7 Å². The summed E-state index contributed by atoms with van der Waals surface area (Å²) in [6.45, 7) is 7.49. The van der Waals surface area contributed by atoms with Crippen molar-refractivity contribution in [2.24, 2.45) is 0 Å². The van der Waals surface area contributed by atoms with E-state index in [1.165, 1.54) is 6.92 Å². The maximum absolute atomic E-state index is 12.3. The Balaban J connectivity index is 2.31. The molecule has 0 fully saturated rings. The van der Waals surface area contributed by atoms with Crippen LogP contribution in [0, 0.1) is 0 Å². The first-order valence-corrected chi connectivity index (χ1v) is 7.09. The minimum Gasteiger partial charge on any atom is -0.443 e. The number of amides is 1. The molecule has 0 radical (unpaired) electrons. The van der Waals surface area contributed by atoms with Gasteiger partial charge >= 0.3 is 12.1 Å². The third-order valence-electron chi connectivity index (χ3n) is 3.08. The van der Waals surface area contributed by atoms with Crippen molar-refractivity contribution in [1.82, 2.24) is 0 Å². The van der Waals surface area contributed by atoms with Crippen LogP contribution in [0.4, 0.5) is 10.5 Å². The zero-order valence-electron chi connectivity index (χ0n) is 12.9. The summed E-state index contributed by atoms with van der Waals surface area (Å²) in [6.07, 6.45) is 1.21. The predicted molar refractivity (Wildman–Crippen MR) is 79.7 cm³/mol. The molecule has 0 saturated heterocycles. The average molecular weight is 291 g/mol. The van der Waals surface area contributed by atoms with E-state index >= 15 is 0 Å². The smallest absolute Gasteiger partial charge is 0.414 e. The fourth-order valence-corrected chi connectivity index (χ4v) is 2.35. The van der Waals surface area contributed by atoms with Gasteiger partial charge in [0.25, 0.3) is 0 Å². The van der Waals surface area contributed by atoms with Crippen molar-refractivity contribution in [2.45, 2.75) is 46.1 Å². The Morgan fingerprint density at radius 3 is 2.57 bits per heavy atom. The fraction of sp³-hybridized carbons (Fsp3) is 0.500. The second-order valence-electron chi connectivity index (χ2n) is 6.08. The van der Waals surface area contributed by atoms with Gasteiger partial charge in [-0.15, -0.1) is 0 Å². The molecule has 0 bridgehead atoms. The van der Waals surface area contributed by atoms with E-state index in [1.807, 2.05) is 26.8 Å². The predicted octanol–water partition coefficient (Wildman–Crippen LogP) is 3.30. The minimum atomic E-state index is -0.539. The highest BCUT2D eigenvalue weighted by atomic mass is 16.6. The molecule has 5 heteroatoms. The van der Waals surface area contributed by atoms with Gasteiger partial charge in [0.05, 0.1) is 5.69 Å². The number of carbonyl (C=O) groups is 2. The number of fused-ring (bicyclic) bond motifs is 1. The van der Waals surface area contributed by atoms with Crippen LogP contribution < -0.4 is 9.64 Å². The lowest BCUT2D eigenvalue weighted by atomic mass is 10.0. The molecule has 0 saturated carbocycles. The third kappa shape index (κ3) is 3.74. The number of rotatable bonds is 1. The van der Waals surface area contributed by atoms with Crippen LogP contribution in [-0.2, 0) is 16.0 Å². The Labute approximate surface area is 124 Å². The molecule has 1 aromatic carbocycles. The standard InChI is InChI=1S/C16H21NO4/c1-11(18)20-14-9-5-8-13-12(14)7-6-10-17(13)15(19)21-16(2,3)4/h5,8-9H,6-7,10H2,1-4H3. The van der Waals surface area contributed by atoms with Gasteiger partial charge in [-0.3, -0.25) is 9.69 Å². The molecular formula is C16H21NO4. The summed E-state index contributed by atoms with van der Waals surface area (Å²) >= 11 is 0. The number of ether oxygens (including phenoxy) is 2. The summed E-state index contributed by atoms with van der Waals surface area (Å²) in [5.41, 5.74) is 1.10. The number of hydrogen-bond donors (Lipinski definition) is 0. The Morgan fingerprint density at radius 1 is 1.24 bits per heavy atom. The zero-order chi connectivity index (χ0) is 15.6. The van der Waals surface area contributed by atoms with E-state index in [0.717, 1.165) is 24.1 Å². The van der Waals surface area contributed by atoms with Gasteiger partial charge in [0.2, 0.25) is 0 Å². The van der Waals surface area contributed by atoms with Crippen molar-refractivity contribution in [3.63, 3.8) is 0 Å². The lowest BCUT2D eigenvalue weighted by Crippen LogP contribution is -2.39. The molecule has 0 atom stereocenters. The Morgan fingerprint density at radius 2 is 1.95 bits per heavy atom. The maximum Gasteiger partial charge on any atom is 0.414 e. The highest BCUT2D eigenvalue weighted by molar-refractivity contribution is 5.90. The molecular weight excluding hydrogens is 270 g/mol. The number of benzene rings is 1. The van der Waals surface area contributed by atoms with Crippen LogP contribution in [-0.4, -0.2) is 24.2 Å². The van der Waals surface area contributed by atoms with Crippen molar-refractivity contribution < 1.29 is 19.1 Å². The summed E-state index contributed by atoms with van der Waals surface area (Å²) in [7, 11) is 0. The Bertz CT molecular complexity index is 560. The lowest BCUT2D eigenvalue weighted by molar-refractivity contribution is -0.131. The maximum atomic E-state index is 12.3. The molecule has 1 aliphatic rings. The van der Waals surface area contributed by atoms with Crippen molar-refractivity contribution in [3.05, 3.63) is 23.8 Å². The number of nitrogens with zero attached hydrogens (tertiary/aromatic N) is 1. The number of anilines is 1. The van der Waals surface area contributed by atoms with E-state index in [0.29, 0.717) is 12.3 Å². The van der Waals surface area contributed by atoms with Gasteiger partial charge in [-0.2, -0.15) is 0 Å². The van der Waals surface area contributed by atoms with Crippen molar-refractivity contribution in [1.29, 1.82) is 0 Å². The molecule has 21 heavy (non-hydrogen) atoms. The van der Waals surface area contributed by atoms with Crippen molar-refractivity contribution >= 4 is 17.7 Å². The molecule has 0 aromatic heterocycles. The van der Waals surface area contributed by atoms with E-state index in [4.69, 9.17) is 9.47 Å². The van der Waals surface area contributed by atoms with Crippen molar-refractivity contribution in [3.8, 4) is 5.75 Å². The van der Waals surface area contributed by atoms with Gasteiger partial charge in [0, 0.05) is 19.0 Å². The van der Waals surface area contributed by atoms with E-state index < -0.39 is 5.60 Å². The topological polar surface area (TPSA) is 55.8 Å². The van der Waals surface area contributed by atoms with Gasteiger partial charge < -0.3 is 9.47 Å². The first kappa shape index (κ1) is 15.4. The summed E-state index contributed by atoms with van der Waals surface area (Å²) in [4.78, 5) is 25.1. The Kier molecular flexibility index (Phi) is 4.21. The highest BCUT2D eigenvalue weighted by Crippen LogP contribution is 2.35. The van der Waals surface area contributed by atoms with Crippen LogP contribution in [0.3, 0.4) is 0 Å². The summed E-state index contributed by atoms with van der Waals surface area (Å²) in [5.74, 6) is 0.158. The first-order valence-electron chi connectivity index (χ1n) is 7.09. The summed E-state index contributed by atoms with van der Waals surface area (Å²) in [5, 5.41) is 0. The molecule has 5 nitrogen and oxygen atoms in total. The van der Waals surface area contributed by atoms with E-state index in [-0.39, 0.29) is 12.1 Å². The van der Waals surface area contributed by atoms with Crippen LogP contribution in [0.1, 0.15) is 39.7 Å². The zero-order valence-corrected chi connectivity index (χ0v) is 12.9. The summed E-state index contributed by atoms with van der Waals surface area (Å²) < 4.78 is 10.7. The van der Waals surface area contributed by atoms with Gasteiger partial charge in [-0.25, -0.2) is 4.79 Å². The molecule has 0 spiro atoms. The van der Waals surface area contributed by atoms with Gasteiger partial charge in [0.15, 0.2) is 0 Å². The molecule has 1 heterocycles. The largest absolute Gasteiger partial charge is 0.443 e. The quantitative estimate of drug-likeness (QED) is 0.588. The van der Waals surface area contributed by atoms with Crippen LogP contribution in [0.25, 0.3) is 0 Å². The van der Waals surface area contributed by atoms with E-state index in [9.17, 15) is 9.59 Å². The van der Waals surface area contributed by atoms with Gasteiger partial charge in [0.1, 0.15) is 11.4 Å². The molecule has 1 amide bonds. The lowest BCUT2D eigenvalue weighted by Gasteiger charge is -2.32. The van der Waals surface area contributed by atoms with Crippen LogP contribution in [0.5, 0.6) is 5.75 Å². The molecule has 1 aromatic rings. The molecule has 2 rings (SSSR count). The first-order chi connectivity index (χ1) is 9.78. The second kappa shape index (κ2) is 5.76. The fourth-order valence-electron chi connectivity index (χ4n) is 2.35. The number of hydrogen-bond acceptors (Lipinski definition) is 4. The van der Waals surface area contributed by atoms with E-state index in [1.54, 1.807) is 17.0 Å². The average Bonchev–Trinajstić information content (AvgIpc) is 2.35. The highest BCUT2D eigenvalue weighted by Gasteiger charge is 2.28. The van der Waals surface area contributed by atoms with Crippen LogP contribution in [0.2, 0.25) is 0 Å².